The van der Waals surface area contributed by atoms with E-state index >= 15 is 0 Å². The van der Waals surface area contributed by atoms with Crippen LogP contribution in [0.15, 0.2) is 35.5 Å². The molecule has 1 aliphatic rings. The van der Waals surface area contributed by atoms with Gasteiger partial charge in [0.1, 0.15) is 10.7 Å². The Bertz CT molecular complexity index is 1160. The largest absolute Gasteiger partial charge is 0.312 e. The monoisotopic (exact) mass is 366 g/mol. The number of fused-ring (bicyclic) bond motifs is 4. The number of aryl methyl sites for hydroxylation is 2. The molecule has 5 rings (SSSR count). The molecule has 4 aromatic heterocycles. The predicted molar refractivity (Wildman–Crippen MR) is 101 cm³/mol. The molecule has 7 nitrogen and oxygen atoms in total. The standard InChI is InChI=1S/C18H18N6OS/c25-18-16-12-6-7-19-10-13(12)26-17(16)20-11-23(18)8-3-5-15-22-21-14-4-1-2-9-24(14)15/h1-2,4,9,11,19H,3,5-8,10H2. The fourth-order valence-corrected chi connectivity index (χ4v) is 4.73. The lowest BCUT2D eigenvalue weighted by atomic mass is 10.1. The molecule has 0 unspecified atom stereocenters. The summed E-state index contributed by atoms with van der Waals surface area (Å²) in [6, 6.07) is 5.86. The molecule has 4 aromatic rings. The molecule has 0 radical (unpaired) electrons. The third-order valence-electron chi connectivity index (χ3n) is 4.88. The van der Waals surface area contributed by atoms with Crippen LogP contribution in [0.1, 0.15) is 22.7 Å². The highest BCUT2D eigenvalue weighted by molar-refractivity contribution is 7.18. The summed E-state index contributed by atoms with van der Waals surface area (Å²) in [5, 5.41) is 12.6. The van der Waals surface area contributed by atoms with Crippen LogP contribution >= 0.6 is 11.3 Å². The van der Waals surface area contributed by atoms with Crippen LogP contribution in [-0.2, 0) is 25.9 Å². The second-order valence-electron chi connectivity index (χ2n) is 6.50. The van der Waals surface area contributed by atoms with Crippen LogP contribution in [-0.4, -0.2) is 30.7 Å². The average molecular weight is 366 g/mol. The normalized spacial score (nSPS) is 14.2. The molecule has 0 amide bonds. The van der Waals surface area contributed by atoms with Gasteiger partial charge >= 0.3 is 0 Å². The van der Waals surface area contributed by atoms with Gasteiger partial charge in [-0.2, -0.15) is 0 Å². The first-order valence-corrected chi connectivity index (χ1v) is 9.62. The van der Waals surface area contributed by atoms with Crippen molar-refractivity contribution < 1.29 is 0 Å². The first kappa shape index (κ1) is 15.7. The van der Waals surface area contributed by atoms with Gasteiger partial charge in [-0.1, -0.05) is 6.07 Å². The molecule has 0 saturated heterocycles. The Balaban J connectivity index is 1.39. The molecule has 0 saturated carbocycles. The van der Waals surface area contributed by atoms with E-state index in [1.807, 2.05) is 28.8 Å². The van der Waals surface area contributed by atoms with Crippen LogP contribution in [0.3, 0.4) is 0 Å². The number of hydrogen-bond acceptors (Lipinski definition) is 6. The van der Waals surface area contributed by atoms with E-state index in [1.165, 1.54) is 10.4 Å². The summed E-state index contributed by atoms with van der Waals surface area (Å²) in [5.74, 6) is 0.918. The fraction of sp³-hybridized carbons (Fsp3) is 0.333. The van der Waals surface area contributed by atoms with Gasteiger partial charge in [-0.3, -0.25) is 13.8 Å². The van der Waals surface area contributed by atoms with Crippen LogP contribution in [0.5, 0.6) is 0 Å². The zero-order chi connectivity index (χ0) is 17.5. The number of rotatable bonds is 4. The highest BCUT2D eigenvalue weighted by Gasteiger charge is 2.19. The van der Waals surface area contributed by atoms with E-state index in [9.17, 15) is 4.79 Å². The van der Waals surface area contributed by atoms with Gasteiger partial charge in [0, 0.05) is 30.6 Å². The van der Waals surface area contributed by atoms with E-state index in [1.54, 1.807) is 22.2 Å². The molecule has 0 aromatic carbocycles. The molecule has 0 bridgehead atoms. The van der Waals surface area contributed by atoms with Gasteiger partial charge in [-0.25, -0.2) is 4.98 Å². The van der Waals surface area contributed by atoms with Gasteiger partial charge in [0.2, 0.25) is 0 Å². The third-order valence-corrected chi connectivity index (χ3v) is 6.02. The Kier molecular flexibility index (Phi) is 3.79. The fourth-order valence-electron chi connectivity index (χ4n) is 3.58. The lowest BCUT2D eigenvalue weighted by Crippen LogP contribution is -2.25. The summed E-state index contributed by atoms with van der Waals surface area (Å²) in [7, 11) is 0. The second-order valence-corrected chi connectivity index (χ2v) is 7.59. The molecule has 0 spiro atoms. The molecule has 26 heavy (non-hydrogen) atoms. The number of aromatic nitrogens is 5. The molecule has 0 aliphatic carbocycles. The molecule has 1 aliphatic heterocycles. The summed E-state index contributed by atoms with van der Waals surface area (Å²) >= 11 is 1.64. The van der Waals surface area contributed by atoms with E-state index in [4.69, 9.17) is 0 Å². The first-order valence-electron chi connectivity index (χ1n) is 8.80. The number of nitrogens with one attached hydrogen (secondary N) is 1. The zero-order valence-electron chi connectivity index (χ0n) is 14.2. The Hall–Kier alpha value is -2.58. The molecule has 5 heterocycles. The number of thiophene rings is 1. The van der Waals surface area contributed by atoms with Gasteiger partial charge in [0.25, 0.3) is 5.56 Å². The topological polar surface area (TPSA) is 77.1 Å². The Morgan fingerprint density at radius 1 is 1.27 bits per heavy atom. The summed E-state index contributed by atoms with van der Waals surface area (Å²) in [5.41, 5.74) is 2.13. The van der Waals surface area contributed by atoms with Gasteiger partial charge < -0.3 is 5.32 Å². The molecule has 8 heteroatoms. The van der Waals surface area contributed by atoms with Gasteiger partial charge in [0.05, 0.1) is 11.7 Å². The second kappa shape index (κ2) is 6.30. The lowest BCUT2D eigenvalue weighted by molar-refractivity contribution is 0.603. The van der Waals surface area contributed by atoms with Crippen LogP contribution in [0, 0.1) is 0 Å². The van der Waals surface area contributed by atoms with E-state index in [0.717, 1.165) is 54.0 Å². The quantitative estimate of drug-likeness (QED) is 0.596. The number of pyridine rings is 1. The van der Waals surface area contributed by atoms with Crippen molar-refractivity contribution in [2.24, 2.45) is 0 Å². The highest BCUT2D eigenvalue weighted by atomic mass is 32.1. The minimum Gasteiger partial charge on any atom is -0.312 e. The zero-order valence-corrected chi connectivity index (χ0v) is 15.0. The molecular formula is C18H18N6OS. The minimum atomic E-state index is 0.0838. The van der Waals surface area contributed by atoms with Crippen molar-refractivity contribution in [1.82, 2.24) is 29.5 Å². The maximum atomic E-state index is 12.9. The number of hydrogen-bond donors (Lipinski definition) is 1. The SMILES string of the molecule is O=c1c2c3c(sc2ncn1CCCc1nnc2ccccn12)CNCC3. The van der Waals surface area contributed by atoms with Crippen LogP contribution in [0.2, 0.25) is 0 Å². The maximum absolute atomic E-state index is 12.9. The Morgan fingerprint density at radius 3 is 3.19 bits per heavy atom. The molecule has 0 atom stereocenters. The summed E-state index contributed by atoms with van der Waals surface area (Å²) < 4.78 is 3.73. The molecule has 0 fully saturated rings. The maximum Gasteiger partial charge on any atom is 0.262 e. The average Bonchev–Trinajstić information content (AvgIpc) is 3.25. The van der Waals surface area contributed by atoms with Crippen molar-refractivity contribution in [2.45, 2.75) is 32.4 Å². The van der Waals surface area contributed by atoms with Crippen molar-refractivity contribution in [1.29, 1.82) is 0 Å². The van der Waals surface area contributed by atoms with Crippen molar-refractivity contribution in [3.05, 3.63) is 57.3 Å². The Labute approximate surface area is 153 Å². The van der Waals surface area contributed by atoms with Gasteiger partial charge in [-0.15, -0.1) is 21.5 Å². The smallest absolute Gasteiger partial charge is 0.262 e. The van der Waals surface area contributed by atoms with Crippen molar-refractivity contribution in [3.63, 3.8) is 0 Å². The van der Waals surface area contributed by atoms with E-state index in [-0.39, 0.29) is 5.56 Å². The first-order chi connectivity index (χ1) is 12.8. The predicted octanol–water partition coefficient (Wildman–Crippen LogP) is 1.78. The van der Waals surface area contributed by atoms with E-state index in [2.05, 4.69) is 20.5 Å². The minimum absolute atomic E-state index is 0.0838. The third kappa shape index (κ3) is 2.53. The van der Waals surface area contributed by atoms with Crippen molar-refractivity contribution in [3.8, 4) is 0 Å². The molecule has 132 valence electrons. The van der Waals surface area contributed by atoms with E-state index < -0.39 is 0 Å². The van der Waals surface area contributed by atoms with Crippen LogP contribution < -0.4 is 10.9 Å². The summed E-state index contributed by atoms with van der Waals surface area (Å²) in [6.45, 7) is 2.40. The number of nitrogens with zero attached hydrogens (tertiary/aromatic N) is 5. The summed E-state index contributed by atoms with van der Waals surface area (Å²) in [6.07, 6.45) is 6.14. The summed E-state index contributed by atoms with van der Waals surface area (Å²) in [4.78, 5) is 19.6. The van der Waals surface area contributed by atoms with Gasteiger partial charge in [0.15, 0.2) is 5.65 Å². The molecule has 1 N–H and O–H groups in total. The van der Waals surface area contributed by atoms with Crippen molar-refractivity contribution in [2.75, 3.05) is 6.54 Å². The highest BCUT2D eigenvalue weighted by Crippen LogP contribution is 2.29. The van der Waals surface area contributed by atoms with Gasteiger partial charge in [-0.05, 0) is 37.1 Å². The molecular weight excluding hydrogens is 348 g/mol. The Morgan fingerprint density at radius 2 is 2.23 bits per heavy atom. The lowest BCUT2D eigenvalue weighted by Gasteiger charge is -2.12. The van der Waals surface area contributed by atoms with Crippen molar-refractivity contribution >= 4 is 27.2 Å². The van der Waals surface area contributed by atoms with Crippen LogP contribution in [0.25, 0.3) is 15.9 Å². The van der Waals surface area contributed by atoms with Crippen LogP contribution in [0.4, 0.5) is 0 Å². The van der Waals surface area contributed by atoms with E-state index in [0.29, 0.717) is 6.54 Å².